The maximum atomic E-state index is 5.94. The fourth-order valence-electron chi connectivity index (χ4n) is 1.59. The SMILES string of the molecule is CCCc1nc(Cl)cc(OCc2ccc(Cl)cc2)n1. The van der Waals surface area contributed by atoms with Gasteiger partial charge in [-0.05, 0) is 24.1 Å². The second kappa shape index (κ2) is 6.73. The van der Waals surface area contributed by atoms with E-state index in [1.54, 1.807) is 6.07 Å². The van der Waals surface area contributed by atoms with Gasteiger partial charge in [-0.3, -0.25) is 0 Å². The minimum atomic E-state index is 0.407. The molecule has 1 heterocycles. The van der Waals surface area contributed by atoms with Crippen LogP contribution in [0.2, 0.25) is 10.2 Å². The van der Waals surface area contributed by atoms with Gasteiger partial charge < -0.3 is 4.74 Å². The van der Waals surface area contributed by atoms with E-state index in [4.69, 9.17) is 27.9 Å². The zero-order valence-electron chi connectivity index (χ0n) is 10.6. The quantitative estimate of drug-likeness (QED) is 0.771. The molecule has 0 spiro atoms. The maximum Gasteiger partial charge on any atom is 0.218 e. The van der Waals surface area contributed by atoms with Crippen molar-refractivity contribution in [3.8, 4) is 5.88 Å². The highest BCUT2D eigenvalue weighted by Gasteiger charge is 2.04. The number of aromatic nitrogens is 2. The number of hydrogen-bond acceptors (Lipinski definition) is 3. The highest BCUT2D eigenvalue weighted by molar-refractivity contribution is 6.30. The normalized spacial score (nSPS) is 10.5. The van der Waals surface area contributed by atoms with Crippen molar-refractivity contribution < 1.29 is 4.74 Å². The lowest BCUT2D eigenvalue weighted by Gasteiger charge is -2.07. The third-order valence-corrected chi connectivity index (χ3v) is 2.94. The number of aryl methyl sites for hydroxylation is 1. The van der Waals surface area contributed by atoms with Crippen LogP contribution in [-0.2, 0) is 13.0 Å². The molecule has 0 aliphatic heterocycles. The second-order valence-electron chi connectivity index (χ2n) is 4.11. The van der Waals surface area contributed by atoms with Gasteiger partial charge in [0.15, 0.2) is 0 Å². The summed E-state index contributed by atoms with van der Waals surface area (Å²) >= 11 is 11.8. The third kappa shape index (κ3) is 4.37. The average Bonchev–Trinajstić information content (AvgIpc) is 2.38. The molecule has 1 aromatic heterocycles. The number of hydrogen-bond donors (Lipinski definition) is 0. The van der Waals surface area contributed by atoms with Crippen LogP contribution < -0.4 is 4.74 Å². The first-order valence-corrected chi connectivity index (χ1v) is 6.83. The molecule has 0 atom stereocenters. The number of benzene rings is 1. The zero-order valence-corrected chi connectivity index (χ0v) is 12.1. The third-order valence-electron chi connectivity index (χ3n) is 2.49. The van der Waals surface area contributed by atoms with Crippen LogP contribution in [0.3, 0.4) is 0 Å². The Hall–Kier alpha value is -1.32. The first kappa shape index (κ1) is 14.1. The standard InChI is InChI=1S/C14H14Cl2N2O/c1-2-3-13-17-12(16)8-14(18-13)19-9-10-4-6-11(15)7-5-10/h4-8H,2-3,9H2,1H3. The molecule has 19 heavy (non-hydrogen) atoms. The summed E-state index contributed by atoms with van der Waals surface area (Å²) in [7, 11) is 0. The largest absolute Gasteiger partial charge is 0.473 e. The summed E-state index contributed by atoms with van der Waals surface area (Å²) in [6, 6.07) is 9.11. The van der Waals surface area contributed by atoms with Crippen molar-refractivity contribution >= 4 is 23.2 Å². The molecule has 2 rings (SSSR count). The maximum absolute atomic E-state index is 5.94. The van der Waals surface area contributed by atoms with E-state index in [1.807, 2.05) is 24.3 Å². The van der Waals surface area contributed by atoms with Gasteiger partial charge >= 0.3 is 0 Å². The van der Waals surface area contributed by atoms with E-state index >= 15 is 0 Å². The van der Waals surface area contributed by atoms with Gasteiger partial charge in [-0.1, -0.05) is 42.3 Å². The van der Waals surface area contributed by atoms with Crippen LogP contribution in [0.25, 0.3) is 0 Å². The van der Waals surface area contributed by atoms with E-state index in [0.717, 1.165) is 18.4 Å². The van der Waals surface area contributed by atoms with Gasteiger partial charge in [-0.15, -0.1) is 0 Å². The van der Waals surface area contributed by atoms with Crippen LogP contribution in [0.4, 0.5) is 0 Å². The zero-order chi connectivity index (χ0) is 13.7. The Morgan fingerprint density at radius 2 is 1.84 bits per heavy atom. The van der Waals surface area contributed by atoms with Gasteiger partial charge in [0, 0.05) is 17.5 Å². The van der Waals surface area contributed by atoms with Crippen molar-refractivity contribution in [2.45, 2.75) is 26.4 Å². The highest BCUT2D eigenvalue weighted by Crippen LogP contribution is 2.17. The minimum Gasteiger partial charge on any atom is -0.473 e. The molecule has 0 amide bonds. The molecule has 0 aliphatic carbocycles. The predicted molar refractivity (Wildman–Crippen MR) is 76.8 cm³/mol. The van der Waals surface area contributed by atoms with Crippen molar-refractivity contribution in [3.05, 3.63) is 51.9 Å². The van der Waals surface area contributed by atoms with Crippen molar-refractivity contribution in [1.82, 2.24) is 9.97 Å². The molecule has 0 fully saturated rings. The summed E-state index contributed by atoms with van der Waals surface area (Å²) in [6.45, 7) is 2.49. The van der Waals surface area contributed by atoms with Gasteiger partial charge in [0.2, 0.25) is 5.88 Å². The lowest BCUT2D eigenvalue weighted by Crippen LogP contribution is -2.01. The van der Waals surface area contributed by atoms with E-state index in [9.17, 15) is 0 Å². The first-order chi connectivity index (χ1) is 9.17. The van der Waals surface area contributed by atoms with E-state index in [1.165, 1.54) is 0 Å². The Balaban J connectivity index is 2.04. The van der Waals surface area contributed by atoms with Crippen LogP contribution in [0.1, 0.15) is 24.7 Å². The molecule has 0 unspecified atom stereocenters. The molecule has 0 aliphatic rings. The Bertz CT molecular complexity index is 544. The highest BCUT2D eigenvalue weighted by atomic mass is 35.5. The van der Waals surface area contributed by atoms with Crippen LogP contribution >= 0.6 is 23.2 Å². The lowest BCUT2D eigenvalue weighted by molar-refractivity contribution is 0.292. The average molecular weight is 297 g/mol. The Morgan fingerprint density at radius 1 is 1.11 bits per heavy atom. The summed E-state index contributed by atoms with van der Waals surface area (Å²) in [5.41, 5.74) is 1.02. The number of ether oxygens (including phenoxy) is 1. The van der Waals surface area contributed by atoms with Gasteiger partial charge in [0.25, 0.3) is 0 Å². The Morgan fingerprint density at radius 3 is 2.53 bits per heavy atom. The molecule has 3 nitrogen and oxygen atoms in total. The van der Waals surface area contributed by atoms with Crippen molar-refractivity contribution in [2.75, 3.05) is 0 Å². The smallest absolute Gasteiger partial charge is 0.218 e. The van der Waals surface area contributed by atoms with Crippen molar-refractivity contribution in [1.29, 1.82) is 0 Å². The monoisotopic (exact) mass is 296 g/mol. The topological polar surface area (TPSA) is 35.0 Å². The first-order valence-electron chi connectivity index (χ1n) is 6.08. The summed E-state index contributed by atoms with van der Waals surface area (Å²) in [6.07, 6.45) is 1.76. The van der Waals surface area contributed by atoms with Gasteiger partial charge in [0.1, 0.15) is 17.6 Å². The number of halogens is 2. The molecule has 1 aromatic carbocycles. The summed E-state index contributed by atoms with van der Waals surface area (Å²) in [4.78, 5) is 8.46. The summed E-state index contributed by atoms with van der Waals surface area (Å²) < 4.78 is 5.62. The van der Waals surface area contributed by atoms with Gasteiger partial charge in [-0.25, -0.2) is 4.98 Å². The molecule has 5 heteroatoms. The molecule has 0 saturated heterocycles. The fraction of sp³-hybridized carbons (Fsp3) is 0.286. The lowest BCUT2D eigenvalue weighted by atomic mass is 10.2. The molecule has 100 valence electrons. The van der Waals surface area contributed by atoms with E-state index < -0.39 is 0 Å². The number of nitrogens with zero attached hydrogens (tertiary/aromatic N) is 2. The van der Waals surface area contributed by atoms with Crippen LogP contribution in [0.5, 0.6) is 5.88 Å². The van der Waals surface area contributed by atoms with Crippen LogP contribution in [-0.4, -0.2) is 9.97 Å². The molecule has 2 aromatic rings. The van der Waals surface area contributed by atoms with E-state index in [2.05, 4.69) is 16.9 Å². The molecule has 0 N–H and O–H groups in total. The molecular formula is C14H14Cl2N2O. The number of rotatable bonds is 5. The van der Waals surface area contributed by atoms with Crippen LogP contribution in [0.15, 0.2) is 30.3 Å². The molecular weight excluding hydrogens is 283 g/mol. The van der Waals surface area contributed by atoms with Gasteiger partial charge in [-0.2, -0.15) is 4.98 Å². The second-order valence-corrected chi connectivity index (χ2v) is 4.93. The van der Waals surface area contributed by atoms with Gasteiger partial charge in [0.05, 0.1) is 0 Å². The minimum absolute atomic E-state index is 0.407. The van der Waals surface area contributed by atoms with Crippen molar-refractivity contribution in [2.24, 2.45) is 0 Å². The van der Waals surface area contributed by atoms with E-state index in [0.29, 0.717) is 28.5 Å². The molecule has 0 bridgehead atoms. The summed E-state index contributed by atoms with van der Waals surface area (Å²) in [5, 5.41) is 1.11. The van der Waals surface area contributed by atoms with E-state index in [-0.39, 0.29) is 0 Å². The predicted octanol–water partition coefficient (Wildman–Crippen LogP) is 4.31. The molecule has 0 radical (unpaired) electrons. The summed E-state index contributed by atoms with van der Waals surface area (Å²) in [5.74, 6) is 1.21. The van der Waals surface area contributed by atoms with Crippen LogP contribution in [0, 0.1) is 0 Å². The Kier molecular flexibility index (Phi) is 5.00. The fourth-order valence-corrected chi connectivity index (χ4v) is 1.91. The molecule has 0 saturated carbocycles. The Labute approximate surface area is 122 Å². The van der Waals surface area contributed by atoms with Crippen molar-refractivity contribution in [3.63, 3.8) is 0 Å².